The first kappa shape index (κ1) is 18.1. The minimum Gasteiger partial charge on any atom is -0.326 e. The van der Waals surface area contributed by atoms with E-state index in [1.807, 2.05) is 13.0 Å². The van der Waals surface area contributed by atoms with Crippen LogP contribution < -0.4 is 10.2 Å². The molecule has 0 aromatic heterocycles. The minimum absolute atomic E-state index is 0.0307. The number of anilines is 2. The van der Waals surface area contributed by atoms with E-state index in [9.17, 15) is 14.4 Å². The monoisotopic (exact) mass is 370 g/mol. The zero-order valence-corrected chi connectivity index (χ0v) is 15.3. The average Bonchev–Trinajstić information content (AvgIpc) is 2.99. The van der Waals surface area contributed by atoms with Crippen LogP contribution >= 0.6 is 11.6 Å². The number of Topliss-reactive ketones (excluding diaryl/α,β-unsaturated/α-hetero) is 1. The van der Waals surface area contributed by atoms with Crippen LogP contribution in [0.15, 0.2) is 42.5 Å². The van der Waals surface area contributed by atoms with Gasteiger partial charge >= 0.3 is 0 Å². The van der Waals surface area contributed by atoms with Gasteiger partial charge < -0.3 is 10.2 Å². The maximum absolute atomic E-state index is 12.5. The van der Waals surface area contributed by atoms with Crippen LogP contribution in [0.1, 0.15) is 29.3 Å². The number of hydrogen-bond donors (Lipinski definition) is 1. The second kappa shape index (κ2) is 7.30. The Morgan fingerprint density at radius 2 is 1.85 bits per heavy atom. The van der Waals surface area contributed by atoms with Gasteiger partial charge in [0.05, 0.1) is 5.92 Å². The topological polar surface area (TPSA) is 66.5 Å². The Morgan fingerprint density at radius 1 is 1.15 bits per heavy atom. The molecule has 2 aromatic rings. The van der Waals surface area contributed by atoms with Gasteiger partial charge in [-0.1, -0.05) is 17.7 Å². The fourth-order valence-electron chi connectivity index (χ4n) is 3.04. The molecule has 0 radical (unpaired) electrons. The molecule has 1 atom stereocenters. The van der Waals surface area contributed by atoms with E-state index >= 15 is 0 Å². The predicted molar refractivity (Wildman–Crippen MR) is 102 cm³/mol. The van der Waals surface area contributed by atoms with Gasteiger partial charge in [-0.15, -0.1) is 0 Å². The summed E-state index contributed by atoms with van der Waals surface area (Å²) < 4.78 is 0. The van der Waals surface area contributed by atoms with E-state index < -0.39 is 5.92 Å². The summed E-state index contributed by atoms with van der Waals surface area (Å²) in [6.07, 6.45) is 0.156. The van der Waals surface area contributed by atoms with E-state index in [1.54, 1.807) is 41.3 Å². The van der Waals surface area contributed by atoms with Crippen LogP contribution in [0.3, 0.4) is 0 Å². The van der Waals surface area contributed by atoms with E-state index in [4.69, 9.17) is 11.6 Å². The highest BCUT2D eigenvalue weighted by atomic mass is 35.5. The molecule has 0 bridgehead atoms. The Bertz CT molecular complexity index is 877. The van der Waals surface area contributed by atoms with Gasteiger partial charge in [0.1, 0.15) is 0 Å². The number of benzene rings is 2. The second-order valence-electron chi connectivity index (χ2n) is 6.41. The summed E-state index contributed by atoms with van der Waals surface area (Å²) >= 11 is 6.14. The molecule has 0 aliphatic carbocycles. The molecule has 1 N–H and O–H groups in total. The zero-order valence-electron chi connectivity index (χ0n) is 14.6. The van der Waals surface area contributed by atoms with E-state index in [2.05, 4.69) is 5.32 Å². The molecule has 1 fully saturated rings. The number of ketones is 1. The van der Waals surface area contributed by atoms with Crippen molar-refractivity contribution in [2.45, 2.75) is 20.3 Å². The molecular weight excluding hydrogens is 352 g/mol. The lowest BCUT2D eigenvalue weighted by Gasteiger charge is -2.19. The number of rotatable bonds is 4. The summed E-state index contributed by atoms with van der Waals surface area (Å²) in [5.74, 6) is -0.774. The highest BCUT2D eigenvalue weighted by molar-refractivity contribution is 6.31. The predicted octanol–water partition coefficient (Wildman–Crippen LogP) is 3.84. The zero-order chi connectivity index (χ0) is 18.8. The van der Waals surface area contributed by atoms with E-state index in [0.717, 1.165) is 11.3 Å². The standard InChI is InChI=1S/C20H19ClN2O3/c1-12-17(21)4-3-5-18(12)23-11-15(10-19(23)25)20(26)22-16-8-6-14(7-9-16)13(2)24/h3-9,15H,10-11H2,1-2H3,(H,22,26). The third kappa shape index (κ3) is 3.63. The maximum Gasteiger partial charge on any atom is 0.229 e. The van der Waals surface area contributed by atoms with Gasteiger partial charge in [-0.05, 0) is 55.8 Å². The van der Waals surface area contributed by atoms with Gasteiger partial charge in [0.25, 0.3) is 0 Å². The summed E-state index contributed by atoms with van der Waals surface area (Å²) in [7, 11) is 0. The molecule has 1 aliphatic heterocycles. The molecule has 0 spiro atoms. The summed E-state index contributed by atoms with van der Waals surface area (Å²) in [5, 5.41) is 3.40. The lowest BCUT2D eigenvalue weighted by molar-refractivity contribution is -0.122. The second-order valence-corrected chi connectivity index (χ2v) is 6.82. The van der Waals surface area contributed by atoms with Crippen LogP contribution in [0.5, 0.6) is 0 Å². The van der Waals surface area contributed by atoms with Crippen LogP contribution in [0.2, 0.25) is 5.02 Å². The third-order valence-corrected chi connectivity index (χ3v) is 4.99. The summed E-state index contributed by atoms with van der Waals surface area (Å²) in [6, 6.07) is 12.1. The van der Waals surface area contributed by atoms with E-state index in [1.165, 1.54) is 6.92 Å². The summed E-state index contributed by atoms with van der Waals surface area (Å²) in [4.78, 5) is 37.8. The van der Waals surface area contributed by atoms with Crippen molar-refractivity contribution in [2.24, 2.45) is 5.92 Å². The number of carbonyl (C=O) groups excluding carboxylic acids is 3. The molecule has 1 unspecified atom stereocenters. The molecule has 134 valence electrons. The number of nitrogens with one attached hydrogen (secondary N) is 1. The maximum atomic E-state index is 12.5. The molecule has 3 rings (SSSR count). The molecule has 6 heteroatoms. The van der Waals surface area contributed by atoms with Crippen molar-refractivity contribution >= 4 is 40.6 Å². The van der Waals surface area contributed by atoms with Gasteiger partial charge in [-0.2, -0.15) is 0 Å². The lowest BCUT2D eigenvalue weighted by atomic mass is 10.1. The van der Waals surface area contributed by atoms with Crippen LogP contribution in [0.25, 0.3) is 0 Å². The Morgan fingerprint density at radius 3 is 2.50 bits per heavy atom. The lowest BCUT2D eigenvalue weighted by Crippen LogP contribution is -2.28. The molecular formula is C20H19ClN2O3. The van der Waals surface area contributed by atoms with Crippen LogP contribution in [0, 0.1) is 12.8 Å². The molecule has 0 saturated carbocycles. The molecule has 1 aliphatic rings. The Kier molecular flexibility index (Phi) is 5.09. The molecule has 2 aromatic carbocycles. The van der Waals surface area contributed by atoms with Crippen LogP contribution in [0.4, 0.5) is 11.4 Å². The third-order valence-electron chi connectivity index (χ3n) is 4.58. The highest BCUT2D eigenvalue weighted by Crippen LogP contribution is 2.31. The van der Waals surface area contributed by atoms with Crippen LogP contribution in [-0.4, -0.2) is 24.1 Å². The van der Waals surface area contributed by atoms with Gasteiger partial charge in [-0.25, -0.2) is 0 Å². The van der Waals surface area contributed by atoms with Crippen molar-refractivity contribution in [3.8, 4) is 0 Å². The van der Waals surface area contributed by atoms with E-state index in [0.29, 0.717) is 22.8 Å². The summed E-state index contributed by atoms with van der Waals surface area (Å²) in [5.41, 5.74) is 2.75. The first-order valence-corrected chi connectivity index (χ1v) is 8.72. The van der Waals surface area contributed by atoms with Gasteiger partial charge in [-0.3, -0.25) is 14.4 Å². The van der Waals surface area contributed by atoms with Gasteiger partial charge in [0, 0.05) is 34.9 Å². The van der Waals surface area contributed by atoms with Crippen molar-refractivity contribution in [3.63, 3.8) is 0 Å². The normalized spacial score (nSPS) is 16.7. The largest absolute Gasteiger partial charge is 0.326 e. The van der Waals surface area contributed by atoms with Crippen molar-refractivity contribution in [3.05, 3.63) is 58.6 Å². The Balaban J connectivity index is 1.71. The fourth-order valence-corrected chi connectivity index (χ4v) is 3.21. The minimum atomic E-state index is -0.437. The Labute approximate surface area is 156 Å². The number of hydrogen-bond acceptors (Lipinski definition) is 3. The molecule has 1 saturated heterocycles. The first-order valence-electron chi connectivity index (χ1n) is 8.34. The van der Waals surface area contributed by atoms with Crippen molar-refractivity contribution in [1.29, 1.82) is 0 Å². The molecule has 26 heavy (non-hydrogen) atoms. The molecule has 5 nitrogen and oxygen atoms in total. The highest BCUT2D eigenvalue weighted by Gasteiger charge is 2.35. The fraction of sp³-hybridized carbons (Fsp3) is 0.250. The van der Waals surface area contributed by atoms with Crippen LogP contribution in [-0.2, 0) is 9.59 Å². The first-order chi connectivity index (χ1) is 12.4. The van der Waals surface area contributed by atoms with Crippen molar-refractivity contribution in [2.75, 3.05) is 16.8 Å². The number of carbonyl (C=O) groups is 3. The average molecular weight is 371 g/mol. The van der Waals surface area contributed by atoms with Crippen molar-refractivity contribution in [1.82, 2.24) is 0 Å². The number of amides is 2. The van der Waals surface area contributed by atoms with Crippen molar-refractivity contribution < 1.29 is 14.4 Å². The van der Waals surface area contributed by atoms with E-state index in [-0.39, 0.29) is 24.0 Å². The SMILES string of the molecule is CC(=O)c1ccc(NC(=O)C2CC(=O)N(c3cccc(Cl)c3C)C2)cc1. The number of nitrogens with zero attached hydrogens (tertiary/aromatic N) is 1. The van der Waals surface area contributed by atoms with Gasteiger partial charge in [0.2, 0.25) is 11.8 Å². The number of halogens is 1. The molecule has 2 amide bonds. The van der Waals surface area contributed by atoms with Gasteiger partial charge in [0.15, 0.2) is 5.78 Å². The Hall–Kier alpha value is -2.66. The smallest absolute Gasteiger partial charge is 0.229 e. The molecule has 1 heterocycles. The quantitative estimate of drug-likeness (QED) is 0.831. The summed E-state index contributed by atoms with van der Waals surface area (Å²) in [6.45, 7) is 3.66.